The summed E-state index contributed by atoms with van der Waals surface area (Å²) in [6.45, 7) is 8.38. The van der Waals surface area contributed by atoms with Crippen molar-refractivity contribution in [2.75, 3.05) is 7.11 Å². The molecule has 6 heteroatoms. The van der Waals surface area contributed by atoms with Crippen LogP contribution in [0.15, 0.2) is 41.3 Å². The van der Waals surface area contributed by atoms with Crippen LogP contribution in [0.25, 0.3) is 0 Å². The summed E-state index contributed by atoms with van der Waals surface area (Å²) in [5, 5.41) is 2.90. The average molecular weight is 393 g/mol. The highest BCUT2D eigenvalue weighted by atomic mass is 16.5. The number of amides is 1. The van der Waals surface area contributed by atoms with Crippen molar-refractivity contribution in [3.63, 3.8) is 0 Å². The number of aromatic nitrogens is 2. The standard InChI is InChI=1S/C23H27N3O3/c1-14-10-16(3)25-22(27)19(14)11-24-23(28)21-15(2)12-26(17(21)4)13-18-8-6-7-9-20(18)29-5/h6-10,12H,11,13H2,1-5H3,(H,24,28)(H,25,27). The summed E-state index contributed by atoms with van der Waals surface area (Å²) in [7, 11) is 1.65. The number of benzene rings is 1. The van der Waals surface area contributed by atoms with Gasteiger partial charge in [0.15, 0.2) is 0 Å². The number of aromatic amines is 1. The first-order valence-corrected chi connectivity index (χ1v) is 9.57. The molecule has 0 unspecified atom stereocenters. The summed E-state index contributed by atoms with van der Waals surface area (Å²) < 4.78 is 7.48. The first kappa shape index (κ1) is 20.5. The van der Waals surface area contributed by atoms with Crippen LogP contribution in [0.1, 0.15) is 44.0 Å². The van der Waals surface area contributed by atoms with Gasteiger partial charge in [0.05, 0.1) is 19.2 Å². The Balaban J connectivity index is 1.81. The second-order valence-electron chi connectivity index (χ2n) is 7.34. The molecule has 0 saturated carbocycles. The molecule has 152 valence electrons. The second-order valence-corrected chi connectivity index (χ2v) is 7.34. The number of hydrogen-bond donors (Lipinski definition) is 2. The van der Waals surface area contributed by atoms with Crippen molar-refractivity contribution in [3.8, 4) is 5.75 Å². The van der Waals surface area contributed by atoms with Crippen LogP contribution in [-0.4, -0.2) is 22.6 Å². The summed E-state index contributed by atoms with van der Waals surface area (Å²) in [6.07, 6.45) is 1.97. The van der Waals surface area contributed by atoms with Gasteiger partial charge in [-0.1, -0.05) is 18.2 Å². The topological polar surface area (TPSA) is 76.1 Å². The highest BCUT2D eigenvalue weighted by Gasteiger charge is 2.18. The minimum Gasteiger partial charge on any atom is -0.496 e. The van der Waals surface area contributed by atoms with E-state index in [9.17, 15) is 9.59 Å². The molecule has 29 heavy (non-hydrogen) atoms. The van der Waals surface area contributed by atoms with Crippen LogP contribution in [-0.2, 0) is 13.1 Å². The van der Waals surface area contributed by atoms with Crippen molar-refractivity contribution < 1.29 is 9.53 Å². The molecule has 0 aliphatic carbocycles. The van der Waals surface area contributed by atoms with E-state index >= 15 is 0 Å². The Hall–Kier alpha value is -3.28. The minimum atomic E-state index is -0.182. The van der Waals surface area contributed by atoms with Crippen molar-refractivity contribution in [3.05, 3.63) is 86.1 Å². The lowest BCUT2D eigenvalue weighted by Crippen LogP contribution is -2.28. The van der Waals surface area contributed by atoms with Crippen molar-refractivity contribution in [2.24, 2.45) is 0 Å². The van der Waals surface area contributed by atoms with Gasteiger partial charge in [-0.15, -0.1) is 0 Å². The SMILES string of the molecule is COc1ccccc1Cn1cc(C)c(C(=O)NCc2c(C)cc(C)[nH]c2=O)c1C. The number of carbonyl (C=O) groups is 1. The Morgan fingerprint density at radius 3 is 2.55 bits per heavy atom. The fourth-order valence-electron chi connectivity index (χ4n) is 3.71. The fourth-order valence-corrected chi connectivity index (χ4v) is 3.71. The van der Waals surface area contributed by atoms with Crippen molar-refractivity contribution >= 4 is 5.91 Å². The lowest BCUT2D eigenvalue weighted by molar-refractivity contribution is 0.0949. The van der Waals surface area contributed by atoms with Gasteiger partial charge < -0.3 is 19.6 Å². The number of para-hydroxylation sites is 1. The Bertz CT molecular complexity index is 1110. The number of nitrogens with zero attached hydrogens (tertiary/aromatic N) is 1. The van der Waals surface area contributed by atoms with E-state index < -0.39 is 0 Å². The molecule has 0 bridgehead atoms. The number of nitrogens with one attached hydrogen (secondary N) is 2. The molecule has 1 aromatic carbocycles. The molecular formula is C23H27N3O3. The van der Waals surface area contributed by atoms with E-state index in [2.05, 4.69) is 10.3 Å². The Kier molecular flexibility index (Phi) is 5.92. The molecule has 2 aromatic heterocycles. The molecule has 3 aromatic rings. The van der Waals surface area contributed by atoms with E-state index in [1.807, 2.05) is 68.8 Å². The summed E-state index contributed by atoms with van der Waals surface area (Å²) in [4.78, 5) is 27.9. The van der Waals surface area contributed by atoms with Crippen LogP contribution < -0.4 is 15.6 Å². The maximum atomic E-state index is 12.9. The number of hydrogen-bond acceptors (Lipinski definition) is 3. The van der Waals surface area contributed by atoms with Crippen molar-refractivity contribution in [1.82, 2.24) is 14.9 Å². The van der Waals surface area contributed by atoms with Gasteiger partial charge in [-0.25, -0.2) is 0 Å². The number of pyridine rings is 1. The Morgan fingerprint density at radius 2 is 1.86 bits per heavy atom. The maximum Gasteiger partial charge on any atom is 0.253 e. The monoisotopic (exact) mass is 393 g/mol. The quantitative estimate of drug-likeness (QED) is 0.674. The van der Waals surface area contributed by atoms with Crippen molar-refractivity contribution in [1.29, 1.82) is 0 Å². The molecule has 0 saturated heterocycles. The molecule has 6 nitrogen and oxygen atoms in total. The molecule has 1 amide bonds. The summed E-state index contributed by atoms with van der Waals surface area (Å²) in [6, 6.07) is 9.75. The van der Waals surface area contributed by atoms with Crippen LogP contribution in [0.4, 0.5) is 0 Å². The van der Waals surface area contributed by atoms with Gasteiger partial charge in [0.1, 0.15) is 5.75 Å². The van der Waals surface area contributed by atoms with E-state index in [4.69, 9.17) is 4.74 Å². The van der Waals surface area contributed by atoms with Gasteiger partial charge in [0.2, 0.25) is 0 Å². The molecule has 0 aliphatic rings. The predicted octanol–water partition coefficient (Wildman–Crippen LogP) is 3.40. The fraction of sp³-hybridized carbons (Fsp3) is 0.304. The summed E-state index contributed by atoms with van der Waals surface area (Å²) in [5.41, 5.74) is 5.54. The number of H-pyrrole nitrogens is 1. The number of carbonyl (C=O) groups excluding carboxylic acids is 1. The molecule has 0 atom stereocenters. The van der Waals surface area contributed by atoms with Gasteiger partial charge in [-0.05, 0) is 51.0 Å². The summed E-state index contributed by atoms with van der Waals surface area (Å²) in [5.74, 6) is 0.636. The minimum absolute atomic E-state index is 0.162. The molecule has 0 fully saturated rings. The summed E-state index contributed by atoms with van der Waals surface area (Å²) >= 11 is 0. The van der Waals surface area contributed by atoms with E-state index in [-0.39, 0.29) is 18.0 Å². The predicted molar refractivity (Wildman–Crippen MR) is 114 cm³/mol. The van der Waals surface area contributed by atoms with Gasteiger partial charge >= 0.3 is 0 Å². The third kappa shape index (κ3) is 4.26. The first-order chi connectivity index (χ1) is 13.8. The third-order valence-electron chi connectivity index (χ3n) is 5.22. The van der Waals surface area contributed by atoms with Crippen LogP contribution in [0, 0.1) is 27.7 Å². The highest BCUT2D eigenvalue weighted by Crippen LogP contribution is 2.22. The molecular weight excluding hydrogens is 366 g/mol. The van der Waals surface area contributed by atoms with Crippen LogP contribution >= 0.6 is 0 Å². The number of ether oxygens (including phenoxy) is 1. The molecule has 0 aliphatic heterocycles. The largest absolute Gasteiger partial charge is 0.496 e. The average Bonchev–Trinajstić information content (AvgIpc) is 2.94. The zero-order chi connectivity index (χ0) is 21.1. The Labute approximate surface area is 170 Å². The second kappa shape index (κ2) is 8.39. The van der Waals surface area contributed by atoms with E-state index in [1.54, 1.807) is 7.11 Å². The lowest BCUT2D eigenvalue weighted by Gasteiger charge is -2.12. The van der Waals surface area contributed by atoms with Crippen LogP contribution in [0.2, 0.25) is 0 Å². The third-order valence-corrected chi connectivity index (χ3v) is 5.22. The first-order valence-electron chi connectivity index (χ1n) is 9.57. The normalized spacial score (nSPS) is 10.8. The van der Waals surface area contributed by atoms with Crippen molar-refractivity contribution in [2.45, 2.75) is 40.8 Å². The highest BCUT2D eigenvalue weighted by molar-refractivity contribution is 5.96. The zero-order valence-corrected chi connectivity index (χ0v) is 17.6. The number of methoxy groups -OCH3 is 1. The lowest BCUT2D eigenvalue weighted by atomic mass is 10.1. The Morgan fingerprint density at radius 1 is 1.14 bits per heavy atom. The van der Waals surface area contributed by atoms with Gasteiger partial charge in [-0.2, -0.15) is 0 Å². The maximum absolute atomic E-state index is 12.9. The molecule has 2 N–H and O–H groups in total. The molecule has 0 spiro atoms. The number of rotatable bonds is 6. The van der Waals surface area contributed by atoms with E-state index in [0.717, 1.165) is 33.8 Å². The van der Waals surface area contributed by atoms with Crippen LogP contribution in [0.3, 0.4) is 0 Å². The zero-order valence-electron chi connectivity index (χ0n) is 17.6. The molecule has 2 heterocycles. The number of aryl methyl sites for hydroxylation is 3. The smallest absolute Gasteiger partial charge is 0.253 e. The molecule has 0 radical (unpaired) electrons. The van der Waals surface area contributed by atoms with Gasteiger partial charge in [0, 0.05) is 35.3 Å². The van der Waals surface area contributed by atoms with Gasteiger partial charge in [0.25, 0.3) is 11.5 Å². The molecule has 3 rings (SSSR count). The van der Waals surface area contributed by atoms with E-state index in [1.165, 1.54) is 0 Å². The van der Waals surface area contributed by atoms with Crippen LogP contribution in [0.5, 0.6) is 5.75 Å². The van der Waals surface area contributed by atoms with E-state index in [0.29, 0.717) is 17.7 Å². The van der Waals surface area contributed by atoms with Gasteiger partial charge in [-0.3, -0.25) is 9.59 Å².